The number of nitro benzene ring substituents is 1. The molecule has 2 aromatic rings. The molecule has 6 heteroatoms. The van der Waals surface area contributed by atoms with Crippen molar-refractivity contribution in [1.29, 1.82) is 0 Å². The van der Waals surface area contributed by atoms with Crippen LogP contribution < -0.4 is 5.73 Å². The van der Waals surface area contributed by atoms with Crippen molar-refractivity contribution in [2.75, 3.05) is 12.8 Å². The molecule has 21 heavy (non-hydrogen) atoms. The quantitative estimate of drug-likeness (QED) is 0.405. The number of ether oxygens (including phenoxy) is 1. The highest BCUT2D eigenvalue weighted by molar-refractivity contribution is 6.00. The van der Waals surface area contributed by atoms with Gasteiger partial charge in [-0.1, -0.05) is 30.3 Å². The van der Waals surface area contributed by atoms with E-state index in [4.69, 9.17) is 5.73 Å². The number of nitro groups is 1. The zero-order chi connectivity index (χ0) is 15.6. The number of hydrogen-bond donors (Lipinski definition) is 1. The molecule has 2 aromatic carbocycles. The molecule has 0 radical (unpaired) electrons. The van der Waals surface area contributed by atoms with Gasteiger partial charge in [0.1, 0.15) is 5.69 Å². The summed E-state index contributed by atoms with van der Waals surface area (Å²) in [6.45, 7) is 1.61. The Kier molecular flexibility index (Phi) is 3.89. The van der Waals surface area contributed by atoms with Gasteiger partial charge < -0.3 is 10.5 Å². The molecule has 0 amide bonds. The van der Waals surface area contributed by atoms with E-state index in [1.165, 1.54) is 13.2 Å². The maximum atomic E-state index is 11.8. The molecule has 0 fully saturated rings. The molecule has 2 rings (SSSR count). The number of esters is 1. The predicted molar refractivity (Wildman–Crippen MR) is 79.0 cm³/mol. The van der Waals surface area contributed by atoms with Crippen LogP contribution in [0.2, 0.25) is 0 Å². The fourth-order valence-electron chi connectivity index (χ4n) is 2.22. The van der Waals surface area contributed by atoms with E-state index >= 15 is 0 Å². The number of nitrogens with two attached hydrogens (primary N) is 1. The third kappa shape index (κ3) is 2.55. The number of anilines is 1. The normalized spacial score (nSPS) is 10.2. The minimum Gasteiger partial charge on any atom is -0.465 e. The molecular formula is C15H14N2O4. The van der Waals surface area contributed by atoms with E-state index in [1.54, 1.807) is 6.92 Å². The van der Waals surface area contributed by atoms with Gasteiger partial charge in [-0.25, -0.2) is 4.79 Å². The first-order valence-electron chi connectivity index (χ1n) is 6.18. The van der Waals surface area contributed by atoms with Crippen LogP contribution in [-0.4, -0.2) is 18.0 Å². The van der Waals surface area contributed by atoms with E-state index in [9.17, 15) is 14.9 Å². The number of nitrogen functional groups attached to an aromatic ring is 1. The lowest BCUT2D eigenvalue weighted by Gasteiger charge is -2.12. The molecule has 0 saturated carbocycles. The van der Waals surface area contributed by atoms with Gasteiger partial charge in [-0.3, -0.25) is 10.1 Å². The van der Waals surface area contributed by atoms with Crippen molar-refractivity contribution in [2.45, 2.75) is 6.92 Å². The summed E-state index contributed by atoms with van der Waals surface area (Å²) in [5.74, 6) is -0.701. The maximum Gasteiger partial charge on any atom is 0.340 e. The molecule has 0 bridgehead atoms. The molecule has 0 aliphatic rings. The molecular weight excluding hydrogens is 272 g/mol. The van der Waals surface area contributed by atoms with Gasteiger partial charge in [0.2, 0.25) is 0 Å². The first kappa shape index (κ1) is 14.5. The fraction of sp³-hybridized carbons (Fsp3) is 0.133. The summed E-state index contributed by atoms with van der Waals surface area (Å²) in [6.07, 6.45) is 0. The lowest BCUT2D eigenvalue weighted by Crippen LogP contribution is -2.10. The summed E-state index contributed by atoms with van der Waals surface area (Å²) in [4.78, 5) is 22.5. The Hall–Kier alpha value is -2.89. The molecule has 0 saturated heterocycles. The average molecular weight is 286 g/mol. The monoisotopic (exact) mass is 286 g/mol. The van der Waals surface area contributed by atoms with Gasteiger partial charge in [0.15, 0.2) is 0 Å². The topological polar surface area (TPSA) is 95.5 Å². The minimum atomic E-state index is -0.701. The van der Waals surface area contributed by atoms with E-state index in [1.807, 2.05) is 30.3 Å². The minimum absolute atomic E-state index is 0.00588. The van der Waals surface area contributed by atoms with Gasteiger partial charge in [-0.05, 0) is 24.1 Å². The number of rotatable bonds is 3. The van der Waals surface area contributed by atoms with Crippen LogP contribution in [0.1, 0.15) is 15.9 Å². The van der Waals surface area contributed by atoms with Crippen molar-refractivity contribution in [2.24, 2.45) is 0 Å². The molecule has 6 nitrogen and oxygen atoms in total. The Morgan fingerprint density at radius 3 is 2.43 bits per heavy atom. The van der Waals surface area contributed by atoms with Gasteiger partial charge in [0.05, 0.1) is 17.6 Å². The van der Waals surface area contributed by atoms with E-state index in [0.29, 0.717) is 11.1 Å². The first-order valence-corrected chi connectivity index (χ1v) is 6.18. The second kappa shape index (κ2) is 5.62. The summed E-state index contributed by atoms with van der Waals surface area (Å²) in [6, 6.07) is 10.6. The van der Waals surface area contributed by atoms with E-state index in [-0.39, 0.29) is 16.9 Å². The highest BCUT2D eigenvalue weighted by Gasteiger charge is 2.26. The summed E-state index contributed by atoms with van der Waals surface area (Å²) >= 11 is 0. The Morgan fingerprint density at radius 1 is 1.29 bits per heavy atom. The number of carbonyl (C=O) groups is 1. The number of hydrogen-bond acceptors (Lipinski definition) is 5. The standard InChI is InChI=1S/C15H14N2O4/c1-9-11(10-6-4-3-5-7-10)8-12(15(18)21-2)13(16)14(9)17(19)20/h3-8H,16H2,1-2H3. The maximum absolute atomic E-state index is 11.8. The van der Waals surface area contributed by atoms with Crippen LogP contribution in [0.15, 0.2) is 36.4 Å². The van der Waals surface area contributed by atoms with Crippen molar-refractivity contribution in [3.63, 3.8) is 0 Å². The number of benzene rings is 2. The number of methoxy groups -OCH3 is 1. The molecule has 0 aromatic heterocycles. The van der Waals surface area contributed by atoms with Gasteiger partial charge in [0, 0.05) is 5.56 Å². The Bertz CT molecular complexity index is 711. The van der Waals surface area contributed by atoms with Crippen LogP contribution in [-0.2, 0) is 4.74 Å². The van der Waals surface area contributed by atoms with Gasteiger partial charge in [-0.15, -0.1) is 0 Å². The number of nitrogens with zero attached hydrogens (tertiary/aromatic N) is 1. The van der Waals surface area contributed by atoms with E-state index < -0.39 is 10.9 Å². The lowest BCUT2D eigenvalue weighted by molar-refractivity contribution is -0.384. The summed E-state index contributed by atoms with van der Waals surface area (Å²) in [5, 5.41) is 11.3. The number of carbonyl (C=O) groups excluding carboxylic acids is 1. The Morgan fingerprint density at radius 2 is 1.90 bits per heavy atom. The molecule has 0 aliphatic heterocycles. The van der Waals surface area contributed by atoms with Crippen molar-refractivity contribution >= 4 is 17.3 Å². The fourth-order valence-corrected chi connectivity index (χ4v) is 2.22. The van der Waals surface area contributed by atoms with Gasteiger partial charge in [0.25, 0.3) is 5.69 Å². The Balaban J connectivity index is 2.80. The van der Waals surface area contributed by atoms with Crippen LogP contribution in [0.5, 0.6) is 0 Å². The largest absolute Gasteiger partial charge is 0.465 e. The molecule has 0 atom stereocenters. The van der Waals surface area contributed by atoms with Crippen LogP contribution >= 0.6 is 0 Å². The smallest absolute Gasteiger partial charge is 0.340 e. The summed E-state index contributed by atoms with van der Waals surface area (Å²) < 4.78 is 4.64. The van der Waals surface area contributed by atoms with Crippen LogP contribution in [0.4, 0.5) is 11.4 Å². The van der Waals surface area contributed by atoms with Gasteiger partial charge >= 0.3 is 5.97 Å². The van der Waals surface area contributed by atoms with Crippen molar-refractivity contribution < 1.29 is 14.5 Å². The van der Waals surface area contributed by atoms with Crippen LogP contribution in [0.25, 0.3) is 11.1 Å². The molecule has 2 N–H and O–H groups in total. The highest BCUT2D eigenvalue weighted by Crippen LogP contribution is 2.37. The van der Waals surface area contributed by atoms with Gasteiger partial charge in [-0.2, -0.15) is 0 Å². The van der Waals surface area contributed by atoms with Crippen molar-refractivity contribution in [3.05, 3.63) is 57.6 Å². The summed E-state index contributed by atoms with van der Waals surface area (Å²) in [5.41, 5.74) is 7.08. The molecule has 108 valence electrons. The first-order chi connectivity index (χ1) is 9.97. The molecule has 0 aliphatic carbocycles. The lowest BCUT2D eigenvalue weighted by atomic mass is 9.95. The second-order valence-corrected chi connectivity index (χ2v) is 4.47. The molecule has 0 heterocycles. The zero-order valence-corrected chi connectivity index (χ0v) is 11.6. The van der Waals surface area contributed by atoms with Crippen molar-refractivity contribution in [3.8, 4) is 11.1 Å². The summed E-state index contributed by atoms with van der Waals surface area (Å²) in [7, 11) is 1.20. The van der Waals surface area contributed by atoms with Crippen molar-refractivity contribution in [1.82, 2.24) is 0 Å². The van der Waals surface area contributed by atoms with E-state index in [0.717, 1.165) is 5.56 Å². The highest BCUT2D eigenvalue weighted by atomic mass is 16.6. The van der Waals surface area contributed by atoms with Crippen LogP contribution in [0.3, 0.4) is 0 Å². The van der Waals surface area contributed by atoms with Crippen LogP contribution in [0, 0.1) is 17.0 Å². The average Bonchev–Trinajstić information content (AvgIpc) is 2.47. The SMILES string of the molecule is COC(=O)c1cc(-c2ccccc2)c(C)c([N+](=O)[O-])c1N. The molecule has 0 spiro atoms. The molecule has 0 unspecified atom stereocenters. The third-order valence-corrected chi connectivity index (χ3v) is 3.27. The third-order valence-electron chi connectivity index (χ3n) is 3.27. The Labute approximate surface area is 121 Å². The zero-order valence-electron chi connectivity index (χ0n) is 11.6. The van der Waals surface area contributed by atoms with E-state index in [2.05, 4.69) is 4.74 Å². The predicted octanol–water partition coefficient (Wildman–Crippen LogP) is 2.94. The second-order valence-electron chi connectivity index (χ2n) is 4.47.